The maximum Gasteiger partial charge on any atom is 0.0829 e. The summed E-state index contributed by atoms with van der Waals surface area (Å²) in [6, 6.07) is 54.8. The van der Waals surface area contributed by atoms with Gasteiger partial charge in [0.1, 0.15) is 0 Å². The molecular formula is C68H99N3O. The van der Waals surface area contributed by atoms with E-state index in [0.717, 1.165) is 53.9 Å². The smallest absolute Gasteiger partial charge is 0.0829 e. The van der Waals surface area contributed by atoms with E-state index in [4.69, 9.17) is 4.74 Å². The molecule has 4 saturated heterocycles. The molecule has 5 fully saturated rings. The molecule has 0 spiro atoms. The van der Waals surface area contributed by atoms with Gasteiger partial charge < -0.3 is 14.5 Å². The van der Waals surface area contributed by atoms with Gasteiger partial charge in [0.15, 0.2) is 0 Å². The van der Waals surface area contributed by atoms with Gasteiger partial charge in [-0.15, -0.1) is 0 Å². The first-order valence-corrected chi connectivity index (χ1v) is 29.0. The predicted octanol–water partition coefficient (Wildman–Crippen LogP) is 17.4. The van der Waals surface area contributed by atoms with Crippen LogP contribution in [0.5, 0.6) is 0 Å². The first-order chi connectivity index (χ1) is 34.9. The Balaban J connectivity index is 0.000000147. The molecule has 0 N–H and O–H groups in total. The molecule has 7 unspecified atom stereocenters. The quantitative estimate of drug-likeness (QED) is 0.131. The zero-order valence-corrected chi connectivity index (χ0v) is 46.9. The molecule has 0 amide bonds. The van der Waals surface area contributed by atoms with Crippen molar-refractivity contribution in [3.05, 3.63) is 174 Å². The summed E-state index contributed by atoms with van der Waals surface area (Å²) in [5.41, 5.74) is 7.24. The summed E-state index contributed by atoms with van der Waals surface area (Å²) in [5.74, 6) is 7.41. The van der Waals surface area contributed by atoms with E-state index in [2.05, 4.69) is 236 Å². The molecule has 7 atom stereocenters. The number of hydrogen-bond acceptors (Lipinski definition) is 4. The fourth-order valence-electron chi connectivity index (χ4n) is 12.0. The molecule has 4 aliphatic heterocycles. The molecule has 4 nitrogen and oxygen atoms in total. The van der Waals surface area contributed by atoms with Crippen LogP contribution in [-0.4, -0.2) is 61.2 Å². The van der Waals surface area contributed by atoms with Crippen molar-refractivity contribution in [1.82, 2.24) is 9.80 Å². The lowest BCUT2D eigenvalue weighted by molar-refractivity contribution is 0.0188. The highest BCUT2D eigenvalue weighted by molar-refractivity contribution is 5.47. The highest BCUT2D eigenvalue weighted by Gasteiger charge is 2.30. The third-order valence-corrected chi connectivity index (χ3v) is 16.9. The van der Waals surface area contributed by atoms with Crippen molar-refractivity contribution in [3.63, 3.8) is 0 Å². The Hall–Kier alpha value is -4.22. The molecule has 5 aromatic rings. The molecule has 0 radical (unpaired) electrons. The van der Waals surface area contributed by atoms with Crippen molar-refractivity contribution in [2.75, 3.05) is 44.2 Å². The molecule has 0 aromatic heterocycles. The van der Waals surface area contributed by atoms with Crippen LogP contribution in [-0.2, 0) is 11.3 Å². The first kappa shape index (κ1) is 57.1. The number of hydrogen-bond donors (Lipinski definition) is 0. The van der Waals surface area contributed by atoms with Crippen LogP contribution in [0.15, 0.2) is 152 Å². The topological polar surface area (TPSA) is 19.0 Å². The molecule has 1 saturated carbocycles. The average molecular weight is 975 g/mol. The number of ether oxygens (including phenoxy) is 1. The Morgan fingerprint density at radius 3 is 1.49 bits per heavy atom. The fraction of sp³-hybridized carbons (Fsp3) is 0.559. The lowest BCUT2D eigenvalue weighted by atomic mass is 9.71. The Morgan fingerprint density at radius 2 is 0.972 bits per heavy atom. The van der Waals surface area contributed by atoms with E-state index in [1.165, 1.54) is 119 Å². The van der Waals surface area contributed by atoms with Crippen LogP contribution in [0.25, 0.3) is 0 Å². The number of likely N-dealkylation sites (tertiary alicyclic amines) is 2. The molecule has 4 heteroatoms. The fourth-order valence-corrected chi connectivity index (χ4v) is 12.0. The molecule has 72 heavy (non-hydrogen) atoms. The monoisotopic (exact) mass is 974 g/mol. The minimum atomic E-state index is 0.337. The Kier molecular flexibility index (Phi) is 24.0. The third-order valence-electron chi connectivity index (χ3n) is 16.9. The van der Waals surface area contributed by atoms with Crippen LogP contribution in [0, 0.1) is 41.4 Å². The maximum atomic E-state index is 6.01. The summed E-state index contributed by atoms with van der Waals surface area (Å²) < 4.78 is 6.01. The molecule has 4 heterocycles. The number of anilines is 1. The minimum absolute atomic E-state index is 0.337. The predicted molar refractivity (Wildman–Crippen MR) is 311 cm³/mol. The maximum absolute atomic E-state index is 6.01. The van der Waals surface area contributed by atoms with Gasteiger partial charge in [-0.25, -0.2) is 0 Å². The minimum Gasteiger partial charge on any atom is -0.371 e. The number of para-hydroxylation sites is 1. The van der Waals surface area contributed by atoms with Crippen molar-refractivity contribution in [1.29, 1.82) is 0 Å². The van der Waals surface area contributed by atoms with E-state index in [-0.39, 0.29) is 0 Å². The summed E-state index contributed by atoms with van der Waals surface area (Å²) in [6.45, 7) is 31.8. The SMILES string of the molecule is CC(C)C1CCC(c2ccccc2)O1.CC(C)C1CCCCC1c1ccccc1.CC(C)C1CCN(Cc2ccccc2)C1.CC(C)C1CCN(c2ccccc2)C1.CC(C)N1CCC(c2ccccc2)C1. The lowest BCUT2D eigenvalue weighted by Crippen LogP contribution is -2.27. The van der Waals surface area contributed by atoms with Gasteiger partial charge in [-0.2, -0.15) is 0 Å². The second-order valence-corrected chi connectivity index (χ2v) is 23.7. The average Bonchev–Trinajstić information content (AvgIpc) is 4.27. The van der Waals surface area contributed by atoms with E-state index >= 15 is 0 Å². The van der Waals surface area contributed by atoms with Gasteiger partial charge in [0.25, 0.3) is 0 Å². The van der Waals surface area contributed by atoms with E-state index < -0.39 is 0 Å². The van der Waals surface area contributed by atoms with E-state index in [9.17, 15) is 0 Å². The van der Waals surface area contributed by atoms with Crippen LogP contribution >= 0.6 is 0 Å². The number of nitrogens with zero attached hydrogens (tertiary/aromatic N) is 3. The summed E-state index contributed by atoms with van der Waals surface area (Å²) >= 11 is 0. The van der Waals surface area contributed by atoms with Crippen molar-refractivity contribution < 1.29 is 4.74 Å². The van der Waals surface area contributed by atoms with Crippen LogP contribution in [0.2, 0.25) is 0 Å². The Morgan fingerprint density at radius 1 is 0.444 bits per heavy atom. The lowest BCUT2D eigenvalue weighted by Gasteiger charge is -2.34. The second-order valence-electron chi connectivity index (χ2n) is 23.7. The van der Waals surface area contributed by atoms with Gasteiger partial charge in [0.05, 0.1) is 12.2 Å². The van der Waals surface area contributed by atoms with Gasteiger partial charge in [-0.1, -0.05) is 208 Å². The van der Waals surface area contributed by atoms with Crippen molar-refractivity contribution in [2.24, 2.45) is 41.4 Å². The number of rotatable bonds is 11. The van der Waals surface area contributed by atoms with Gasteiger partial charge >= 0.3 is 0 Å². The first-order valence-electron chi connectivity index (χ1n) is 29.0. The van der Waals surface area contributed by atoms with E-state index in [0.29, 0.717) is 24.2 Å². The molecule has 1 aliphatic carbocycles. The van der Waals surface area contributed by atoms with Crippen LogP contribution in [0.1, 0.15) is 167 Å². The molecule has 392 valence electrons. The van der Waals surface area contributed by atoms with Crippen molar-refractivity contribution in [3.8, 4) is 0 Å². The van der Waals surface area contributed by atoms with Gasteiger partial charge in [-0.05, 0) is 160 Å². The van der Waals surface area contributed by atoms with Crippen LogP contribution < -0.4 is 4.90 Å². The molecule has 5 aliphatic rings. The third kappa shape index (κ3) is 18.3. The van der Waals surface area contributed by atoms with Crippen LogP contribution in [0.3, 0.4) is 0 Å². The molecule has 0 bridgehead atoms. The van der Waals surface area contributed by atoms with Crippen molar-refractivity contribution >= 4 is 5.69 Å². The summed E-state index contributed by atoms with van der Waals surface area (Å²) in [5, 5.41) is 0. The van der Waals surface area contributed by atoms with Crippen LogP contribution in [0.4, 0.5) is 5.69 Å². The summed E-state index contributed by atoms with van der Waals surface area (Å²) in [6.07, 6.45) is 12.9. The van der Waals surface area contributed by atoms with E-state index in [1.807, 2.05) is 0 Å². The largest absolute Gasteiger partial charge is 0.371 e. The highest BCUT2D eigenvalue weighted by atomic mass is 16.5. The Labute approximate surface area is 441 Å². The Bertz CT molecular complexity index is 1990. The molecule has 5 aromatic carbocycles. The zero-order chi connectivity index (χ0) is 51.2. The zero-order valence-electron chi connectivity index (χ0n) is 46.9. The standard InChI is InChI=1S/C15H22.C14H21N.2C13H19N.C13H18O/c1-12(2)14-10-6-7-11-15(14)13-8-4-3-5-9-13;1-12(2)14-8-9-15(11-14)10-13-6-4-3-5-7-13;1-11(2)12-8-9-14(10-12)13-6-4-3-5-7-13;1-11(2)14-9-8-13(10-14)12-6-4-3-5-7-12;1-10(2)12-8-9-13(14-12)11-6-4-3-5-7-11/h3-5,8-9,12,14-15H,6-7,10-11H2,1-2H3;3-7,12,14H,8-11H2,1-2H3;3-7,11-12H,8-10H2,1-2H3;3-7,11,13H,8-10H2,1-2H3;3-7,10,12-13H,8-9H2,1-2H3. The summed E-state index contributed by atoms with van der Waals surface area (Å²) in [4.78, 5) is 7.66. The highest BCUT2D eigenvalue weighted by Crippen LogP contribution is 2.41. The number of benzene rings is 5. The normalized spacial score (nSPS) is 24.3. The summed E-state index contributed by atoms with van der Waals surface area (Å²) in [7, 11) is 0. The molecular weight excluding hydrogens is 875 g/mol. The van der Waals surface area contributed by atoms with Gasteiger partial charge in [0, 0.05) is 44.5 Å². The van der Waals surface area contributed by atoms with Gasteiger partial charge in [0.2, 0.25) is 0 Å². The molecule has 10 rings (SSSR count). The van der Waals surface area contributed by atoms with Gasteiger partial charge in [-0.3, -0.25) is 4.90 Å². The van der Waals surface area contributed by atoms with Crippen molar-refractivity contribution in [2.45, 2.75) is 164 Å². The van der Waals surface area contributed by atoms with E-state index in [1.54, 1.807) is 5.56 Å². The second kappa shape index (κ2) is 30.2.